The molecule has 1 fully saturated rings. The van der Waals surface area contributed by atoms with Gasteiger partial charge in [-0.05, 0) is 61.5 Å². The first-order chi connectivity index (χ1) is 11.5. The van der Waals surface area contributed by atoms with Gasteiger partial charge in [-0.3, -0.25) is 0 Å². The molecule has 3 rings (SSSR count). The molecule has 1 aromatic heterocycles. The second-order valence-corrected chi connectivity index (χ2v) is 6.55. The van der Waals surface area contributed by atoms with Gasteiger partial charge in [-0.2, -0.15) is 0 Å². The van der Waals surface area contributed by atoms with Gasteiger partial charge in [0, 0.05) is 25.3 Å². The zero-order valence-electron chi connectivity index (χ0n) is 14.3. The van der Waals surface area contributed by atoms with Crippen molar-refractivity contribution >= 4 is 11.7 Å². The molecule has 0 radical (unpaired) electrons. The number of carbonyl (C=O) groups excluding carboxylic acids is 1. The Morgan fingerprint density at radius 1 is 1.42 bits per heavy atom. The summed E-state index contributed by atoms with van der Waals surface area (Å²) in [5.74, 6) is 0.542. The third-order valence-corrected chi connectivity index (χ3v) is 4.25. The summed E-state index contributed by atoms with van der Waals surface area (Å²) < 4.78 is 1.59. The van der Waals surface area contributed by atoms with Crippen LogP contribution >= 0.6 is 0 Å². The highest BCUT2D eigenvalue weighted by Crippen LogP contribution is 2.21. The molecule has 8 heteroatoms. The van der Waals surface area contributed by atoms with Crippen molar-refractivity contribution in [2.75, 3.05) is 39.0 Å². The van der Waals surface area contributed by atoms with Gasteiger partial charge in [-0.1, -0.05) is 6.07 Å². The number of rotatable bonds is 4. The third kappa shape index (κ3) is 3.70. The number of carbonyl (C=O) groups is 1. The minimum atomic E-state index is -0.0530. The van der Waals surface area contributed by atoms with Crippen molar-refractivity contribution in [3.8, 4) is 5.69 Å². The predicted molar refractivity (Wildman–Crippen MR) is 91.1 cm³/mol. The average Bonchev–Trinajstić information content (AvgIpc) is 3.20. The summed E-state index contributed by atoms with van der Waals surface area (Å²) in [6, 6.07) is 5.68. The molecule has 0 saturated carbocycles. The number of likely N-dealkylation sites (tertiary alicyclic amines) is 1. The lowest BCUT2D eigenvalue weighted by atomic mass is 10.1. The number of urea groups is 1. The van der Waals surface area contributed by atoms with Crippen LogP contribution in [0.4, 0.5) is 10.5 Å². The Morgan fingerprint density at radius 2 is 2.25 bits per heavy atom. The summed E-state index contributed by atoms with van der Waals surface area (Å²) >= 11 is 0. The normalized spacial score (nSPS) is 17.5. The molecule has 2 heterocycles. The zero-order chi connectivity index (χ0) is 17.1. The Kier molecular flexibility index (Phi) is 4.75. The average molecular weight is 329 g/mol. The predicted octanol–water partition coefficient (Wildman–Crippen LogP) is 1.39. The Bertz CT molecular complexity index is 698. The molecular formula is C16H23N7O. The van der Waals surface area contributed by atoms with E-state index in [0.29, 0.717) is 5.92 Å². The number of nitrogens with one attached hydrogen (secondary N) is 1. The van der Waals surface area contributed by atoms with E-state index in [1.54, 1.807) is 11.0 Å². The molecule has 1 aromatic carbocycles. The fraction of sp³-hybridized carbons (Fsp3) is 0.500. The van der Waals surface area contributed by atoms with Gasteiger partial charge in [0.05, 0.1) is 5.69 Å². The van der Waals surface area contributed by atoms with E-state index in [1.807, 2.05) is 30.0 Å². The van der Waals surface area contributed by atoms with Crippen molar-refractivity contribution in [1.29, 1.82) is 0 Å². The van der Waals surface area contributed by atoms with E-state index in [4.69, 9.17) is 0 Å². The highest BCUT2D eigenvalue weighted by molar-refractivity contribution is 5.89. The first-order valence-corrected chi connectivity index (χ1v) is 8.07. The lowest BCUT2D eigenvalue weighted by Gasteiger charge is -2.19. The van der Waals surface area contributed by atoms with Gasteiger partial charge < -0.3 is 15.1 Å². The SMILES string of the molecule is Cc1ccc(NC(=O)N2CC[C@H](CN(C)C)C2)cc1-n1cnnn1. The highest BCUT2D eigenvalue weighted by Gasteiger charge is 2.26. The van der Waals surface area contributed by atoms with Crippen LogP contribution in [0.25, 0.3) is 5.69 Å². The molecule has 1 aliphatic heterocycles. The number of amides is 2. The van der Waals surface area contributed by atoms with Crippen LogP contribution in [0.3, 0.4) is 0 Å². The summed E-state index contributed by atoms with van der Waals surface area (Å²) in [5.41, 5.74) is 2.63. The minimum absolute atomic E-state index is 0.0530. The lowest BCUT2D eigenvalue weighted by Crippen LogP contribution is -2.34. The molecule has 1 aliphatic rings. The van der Waals surface area contributed by atoms with E-state index in [-0.39, 0.29) is 6.03 Å². The quantitative estimate of drug-likeness (QED) is 0.917. The highest BCUT2D eigenvalue weighted by atomic mass is 16.2. The first kappa shape index (κ1) is 16.4. The van der Waals surface area contributed by atoms with E-state index in [1.165, 1.54) is 0 Å². The molecule has 24 heavy (non-hydrogen) atoms. The Balaban J connectivity index is 1.66. The van der Waals surface area contributed by atoms with E-state index in [9.17, 15) is 4.79 Å². The van der Waals surface area contributed by atoms with Crippen LogP contribution < -0.4 is 5.32 Å². The summed E-state index contributed by atoms with van der Waals surface area (Å²) in [5, 5.41) is 14.2. The Hall–Kier alpha value is -2.48. The summed E-state index contributed by atoms with van der Waals surface area (Å²) in [6.45, 7) is 4.60. The molecule has 2 aromatic rings. The van der Waals surface area contributed by atoms with Gasteiger partial charge in [0.2, 0.25) is 0 Å². The number of aryl methyl sites for hydroxylation is 1. The van der Waals surface area contributed by atoms with Crippen molar-refractivity contribution in [1.82, 2.24) is 30.0 Å². The smallest absolute Gasteiger partial charge is 0.321 e. The van der Waals surface area contributed by atoms with Gasteiger partial charge >= 0.3 is 6.03 Å². The molecule has 0 unspecified atom stereocenters. The maximum absolute atomic E-state index is 12.5. The number of nitrogens with zero attached hydrogens (tertiary/aromatic N) is 6. The molecule has 0 spiro atoms. The van der Waals surface area contributed by atoms with E-state index in [2.05, 4.69) is 39.8 Å². The third-order valence-electron chi connectivity index (χ3n) is 4.25. The molecular weight excluding hydrogens is 306 g/mol. The monoisotopic (exact) mass is 329 g/mol. The molecule has 0 bridgehead atoms. The van der Waals surface area contributed by atoms with Crippen molar-refractivity contribution < 1.29 is 4.79 Å². The van der Waals surface area contributed by atoms with Gasteiger partial charge in [-0.15, -0.1) is 5.10 Å². The largest absolute Gasteiger partial charge is 0.324 e. The standard InChI is InChI=1S/C16H23N7O/c1-12-4-5-14(8-15(12)23-11-17-19-20-23)18-16(24)22-7-6-13(10-22)9-21(2)3/h4-5,8,11,13H,6-7,9-10H2,1-3H3,(H,18,24)/t13-/m1/s1. The minimum Gasteiger partial charge on any atom is -0.324 e. The number of anilines is 1. The van der Waals surface area contributed by atoms with Crippen LogP contribution in [0.5, 0.6) is 0 Å². The molecule has 0 aliphatic carbocycles. The van der Waals surface area contributed by atoms with Crippen LogP contribution in [0.1, 0.15) is 12.0 Å². The van der Waals surface area contributed by atoms with E-state index >= 15 is 0 Å². The van der Waals surface area contributed by atoms with Crippen LogP contribution in [-0.4, -0.2) is 69.8 Å². The summed E-state index contributed by atoms with van der Waals surface area (Å²) in [6.07, 6.45) is 2.59. The number of tetrazole rings is 1. The fourth-order valence-electron chi connectivity index (χ4n) is 3.09. The number of hydrogen-bond acceptors (Lipinski definition) is 5. The van der Waals surface area contributed by atoms with E-state index < -0.39 is 0 Å². The van der Waals surface area contributed by atoms with Crippen molar-refractivity contribution in [3.63, 3.8) is 0 Å². The van der Waals surface area contributed by atoms with Crippen molar-refractivity contribution in [2.24, 2.45) is 5.92 Å². The van der Waals surface area contributed by atoms with Gasteiger partial charge in [0.15, 0.2) is 0 Å². The fourth-order valence-corrected chi connectivity index (χ4v) is 3.09. The maximum atomic E-state index is 12.5. The molecule has 2 amide bonds. The summed E-state index contributed by atoms with van der Waals surface area (Å²) in [7, 11) is 4.13. The summed E-state index contributed by atoms with van der Waals surface area (Å²) in [4.78, 5) is 16.5. The van der Waals surface area contributed by atoms with E-state index in [0.717, 1.165) is 43.0 Å². The molecule has 1 saturated heterocycles. The van der Waals surface area contributed by atoms with Gasteiger partial charge in [0.25, 0.3) is 0 Å². The van der Waals surface area contributed by atoms with Crippen molar-refractivity contribution in [2.45, 2.75) is 13.3 Å². The molecule has 8 nitrogen and oxygen atoms in total. The number of benzene rings is 1. The zero-order valence-corrected chi connectivity index (χ0v) is 14.3. The maximum Gasteiger partial charge on any atom is 0.321 e. The van der Waals surface area contributed by atoms with Crippen LogP contribution in [0.15, 0.2) is 24.5 Å². The molecule has 1 atom stereocenters. The molecule has 1 N–H and O–H groups in total. The van der Waals surface area contributed by atoms with Crippen LogP contribution in [0, 0.1) is 12.8 Å². The topological polar surface area (TPSA) is 79.2 Å². The molecule has 128 valence electrons. The van der Waals surface area contributed by atoms with Gasteiger partial charge in [-0.25, -0.2) is 9.48 Å². The van der Waals surface area contributed by atoms with Crippen molar-refractivity contribution in [3.05, 3.63) is 30.1 Å². The number of aromatic nitrogens is 4. The first-order valence-electron chi connectivity index (χ1n) is 8.07. The second kappa shape index (κ2) is 6.96. The lowest BCUT2D eigenvalue weighted by molar-refractivity contribution is 0.219. The Morgan fingerprint density at radius 3 is 2.96 bits per heavy atom. The van der Waals surface area contributed by atoms with Crippen LogP contribution in [-0.2, 0) is 0 Å². The Labute approximate surface area is 141 Å². The number of hydrogen-bond donors (Lipinski definition) is 1. The van der Waals surface area contributed by atoms with Crippen LogP contribution in [0.2, 0.25) is 0 Å². The van der Waals surface area contributed by atoms with Gasteiger partial charge in [0.1, 0.15) is 6.33 Å². The second-order valence-electron chi connectivity index (χ2n) is 6.55.